The molecule has 0 spiro atoms. The van der Waals surface area contributed by atoms with E-state index in [2.05, 4.69) is 15.0 Å². The molecule has 0 saturated carbocycles. The second-order valence-corrected chi connectivity index (χ2v) is 4.05. The molecule has 0 aliphatic carbocycles. The fraction of sp³-hybridized carbons (Fsp3) is 0.250. The van der Waals surface area contributed by atoms with Crippen molar-refractivity contribution in [2.75, 3.05) is 6.26 Å². The molecule has 3 nitrogen and oxygen atoms in total. The van der Waals surface area contributed by atoms with E-state index in [1.807, 2.05) is 43.5 Å². The molecule has 0 radical (unpaired) electrons. The zero-order valence-electron chi connectivity index (χ0n) is 9.34. The van der Waals surface area contributed by atoms with E-state index in [0.717, 1.165) is 28.8 Å². The fourth-order valence-electron chi connectivity index (χ4n) is 1.36. The Bertz CT molecular complexity index is 449. The van der Waals surface area contributed by atoms with Gasteiger partial charge in [-0.25, -0.2) is 15.0 Å². The molecular formula is C12H13N3S. The van der Waals surface area contributed by atoms with E-state index in [1.54, 1.807) is 11.8 Å². The van der Waals surface area contributed by atoms with Crippen LogP contribution in [0.2, 0.25) is 0 Å². The quantitative estimate of drug-likeness (QED) is 0.761. The van der Waals surface area contributed by atoms with Gasteiger partial charge in [0.1, 0.15) is 5.82 Å². The smallest absolute Gasteiger partial charge is 0.191 e. The van der Waals surface area contributed by atoms with E-state index >= 15 is 0 Å². The molecular weight excluding hydrogens is 218 g/mol. The Kier molecular flexibility index (Phi) is 3.51. The number of benzene rings is 1. The molecule has 4 heteroatoms. The summed E-state index contributed by atoms with van der Waals surface area (Å²) in [5.74, 6) is 1.61. The lowest BCUT2D eigenvalue weighted by molar-refractivity contribution is 0.823. The van der Waals surface area contributed by atoms with E-state index in [4.69, 9.17) is 0 Å². The van der Waals surface area contributed by atoms with Crippen molar-refractivity contribution in [3.05, 3.63) is 36.2 Å². The number of aryl methyl sites for hydroxylation is 1. The first-order valence-electron chi connectivity index (χ1n) is 5.18. The number of hydrogen-bond acceptors (Lipinski definition) is 4. The van der Waals surface area contributed by atoms with Gasteiger partial charge < -0.3 is 0 Å². The summed E-state index contributed by atoms with van der Waals surface area (Å²) in [5, 5.41) is 0.783. The van der Waals surface area contributed by atoms with Gasteiger partial charge in [0, 0.05) is 12.0 Å². The molecule has 0 atom stereocenters. The van der Waals surface area contributed by atoms with Crippen LogP contribution < -0.4 is 0 Å². The molecule has 0 amide bonds. The maximum Gasteiger partial charge on any atom is 0.191 e. The van der Waals surface area contributed by atoms with Crippen LogP contribution in [0, 0.1) is 0 Å². The lowest BCUT2D eigenvalue weighted by Crippen LogP contribution is -2.00. The minimum atomic E-state index is 0.761. The molecule has 16 heavy (non-hydrogen) atoms. The van der Waals surface area contributed by atoms with Gasteiger partial charge in [0.25, 0.3) is 0 Å². The first-order valence-corrected chi connectivity index (χ1v) is 6.40. The molecule has 0 bridgehead atoms. The lowest BCUT2D eigenvalue weighted by atomic mass is 10.2. The Hall–Kier alpha value is -1.42. The molecule has 1 aromatic carbocycles. The third-order valence-electron chi connectivity index (χ3n) is 2.19. The highest BCUT2D eigenvalue weighted by Crippen LogP contribution is 2.17. The van der Waals surface area contributed by atoms with Gasteiger partial charge in [0.05, 0.1) is 0 Å². The number of thioether (sulfide) groups is 1. The highest BCUT2D eigenvalue weighted by molar-refractivity contribution is 7.98. The zero-order valence-corrected chi connectivity index (χ0v) is 10.2. The molecule has 0 aliphatic heterocycles. The summed E-state index contributed by atoms with van der Waals surface area (Å²) in [4.78, 5) is 13.2. The molecule has 0 unspecified atom stereocenters. The standard InChI is InChI=1S/C12H13N3S/c1-3-10-13-11(15-12(14-10)16-2)9-7-5-4-6-8-9/h4-8H,3H2,1-2H3. The Balaban J connectivity index is 2.48. The predicted molar refractivity (Wildman–Crippen MR) is 66.4 cm³/mol. The maximum atomic E-state index is 4.43. The van der Waals surface area contributed by atoms with E-state index in [0.29, 0.717) is 0 Å². The van der Waals surface area contributed by atoms with Crippen LogP contribution in [0.3, 0.4) is 0 Å². The van der Waals surface area contributed by atoms with Crippen LogP contribution in [0.15, 0.2) is 35.5 Å². The van der Waals surface area contributed by atoms with Gasteiger partial charge in [-0.05, 0) is 6.26 Å². The minimum Gasteiger partial charge on any atom is -0.213 e. The summed E-state index contributed by atoms with van der Waals surface area (Å²) in [6.07, 6.45) is 2.81. The SMILES string of the molecule is CCc1nc(SC)nc(-c2ccccc2)n1. The normalized spacial score (nSPS) is 10.4. The van der Waals surface area contributed by atoms with Gasteiger partial charge in [0.2, 0.25) is 0 Å². The average molecular weight is 231 g/mol. The zero-order chi connectivity index (χ0) is 11.4. The van der Waals surface area contributed by atoms with Crippen molar-refractivity contribution in [2.24, 2.45) is 0 Å². The van der Waals surface area contributed by atoms with Gasteiger partial charge in [-0.3, -0.25) is 0 Å². The van der Waals surface area contributed by atoms with Gasteiger partial charge in [0.15, 0.2) is 11.0 Å². The van der Waals surface area contributed by atoms with E-state index < -0.39 is 0 Å². The fourth-order valence-corrected chi connectivity index (χ4v) is 1.74. The molecule has 0 aliphatic rings. The van der Waals surface area contributed by atoms with Crippen molar-refractivity contribution in [2.45, 2.75) is 18.5 Å². The topological polar surface area (TPSA) is 38.7 Å². The second-order valence-electron chi connectivity index (χ2n) is 3.28. The van der Waals surface area contributed by atoms with Crippen molar-refractivity contribution in [3.63, 3.8) is 0 Å². The third-order valence-corrected chi connectivity index (χ3v) is 2.74. The van der Waals surface area contributed by atoms with Crippen LogP contribution in [0.4, 0.5) is 0 Å². The summed E-state index contributed by atoms with van der Waals surface area (Å²) in [7, 11) is 0. The van der Waals surface area contributed by atoms with Crippen LogP contribution in [0.1, 0.15) is 12.7 Å². The predicted octanol–water partition coefficient (Wildman–Crippen LogP) is 2.82. The van der Waals surface area contributed by atoms with Gasteiger partial charge in [-0.1, -0.05) is 49.0 Å². The summed E-state index contributed by atoms with van der Waals surface area (Å²) in [6.45, 7) is 2.05. The van der Waals surface area contributed by atoms with Crippen LogP contribution >= 0.6 is 11.8 Å². The Morgan fingerprint density at radius 1 is 1.06 bits per heavy atom. The van der Waals surface area contributed by atoms with Crippen molar-refractivity contribution >= 4 is 11.8 Å². The van der Waals surface area contributed by atoms with Crippen molar-refractivity contribution in [1.82, 2.24) is 15.0 Å². The number of rotatable bonds is 3. The lowest BCUT2D eigenvalue weighted by Gasteiger charge is -2.04. The van der Waals surface area contributed by atoms with Gasteiger partial charge in [-0.15, -0.1) is 0 Å². The molecule has 1 heterocycles. The van der Waals surface area contributed by atoms with Gasteiger partial charge >= 0.3 is 0 Å². The van der Waals surface area contributed by atoms with Crippen molar-refractivity contribution < 1.29 is 0 Å². The number of hydrogen-bond donors (Lipinski definition) is 0. The Morgan fingerprint density at radius 3 is 2.44 bits per heavy atom. The highest BCUT2D eigenvalue weighted by Gasteiger charge is 2.06. The summed E-state index contributed by atoms with van der Waals surface area (Å²) in [6, 6.07) is 9.99. The molecule has 1 aromatic heterocycles. The first kappa shape index (κ1) is 11.1. The van der Waals surface area contributed by atoms with E-state index in [1.165, 1.54) is 0 Å². The number of aromatic nitrogens is 3. The number of nitrogens with zero attached hydrogens (tertiary/aromatic N) is 3. The van der Waals surface area contributed by atoms with Crippen LogP contribution in [-0.4, -0.2) is 21.2 Å². The van der Waals surface area contributed by atoms with Crippen LogP contribution in [0.25, 0.3) is 11.4 Å². The molecule has 2 aromatic rings. The van der Waals surface area contributed by atoms with Crippen molar-refractivity contribution in [3.8, 4) is 11.4 Å². The molecule has 0 fully saturated rings. The van der Waals surface area contributed by atoms with Crippen LogP contribution in [0.5, 0.6) is 0 Å². The van der Waals surface area contributed by atoms with Gasteiger partial charge in [-0.2, -0.15) is 0 Å². The molecule has 0 saturated heterocycles. The van der Waals surface area contributed by atoms with E-state index in [-0.39, 0.29) is 0 Å². The second kappa shape index (κ2) is 5.07. The summed E-state index contributed by atoms with van der Waals surface area (Å²) in [5.41, 5.74) is 1.04. The van der Waals surface area contributed by atoms with Crippen LogP contribution in [-0.2, 0) is 6.42 Å². The molecule has 82 valence electrons. The highest BCUT2D eigenvalue weighted by atomic mass is 32.2. The monoisotopic (exact) mass is 231 g/mol. The Morgan fingerprint density at radius 2 is 1.81 bits per heavy atom. The Labute approximate surface area is 99.4 Å². The largest absolute Gasteiger partial charge is 0.213 e. The summed E-state index contributed by atoms with van der Waals surface area (Å²) >= 11 is 1.54. The third kappa shape index (κ3) is 2.39. The van der Waals surface area contributed by atoms with E-state index in [9.17, 15) is 0 Å². The first-order chi connectivity index (χ1) is 7.83. The van der Waals surface area contributed by atoms with Crippen molar-refractivity contribution in [1.29, 1.82) is 0 Å². The summed E-state index contributed by atoms with van der Waals surface area (Å²) < 4.78 is 0. The minimum absolute atomic E-state index is 0.761. The molecule has 0 N–H and O–H groups in total. The maximum absolute atomic E-state index is 4.43. The molecule has 2 rings (SSSR count). The average Bonchev–Trinajstić information content (AvgIpc) is 2.39.